The monoisotopic (exact) mass is 1530 g/mol. The van der Waals surface area contributed by atoms with Gasteiger partial charge in [-0.3, -0.25) is 24.0 Å². The summed E-state index contributed by atoms with van der Waals surface area (Å²) in [5.74, 6) is -15.3. The minimum absolute atomic E-state index is 0.852. The summed E-state index contributed by atoms with van der Waals surface area (Å²) in [5.41, 5.74) is 0. The molecular weight excluding hydrogens is 1440 g/mol. The zero-order chi connectivity index (χ0) is 78.3. The molecule has 37 atom stereocenters. The molecule has 0 aliphatic carbocycles. The first kappa shape index (κ1) is 87.2. The van der Waals surface area contributed by atoms with Crippen LogP contribution < -0.4 is 26.6 Å². The lowest BCUT2D eigenvalue weighted by Crippen LogP contribution is -2.72. The molecule has 0 bridgehead atoms. The summed E-state index contributed by atoms with van der Waals surface area (Å²) < 4.78 is 75.7. The first-order valence-corrected chi connectivity index (χ1v) is 32.9. The van der Waals surface area contributed by atoms with Crippen LogP contribution >= 0.6 is 0 Å². The third-order valence-corrected chi connectivity index (χ3v) is 18.5. The number of carbonyl (C=O) groups is 7. The highest BCUT2D eigenvalue weighted by molar-refractivity contribution is 5.78. The molecule has 0 aromatic carbocycles. The fraction of sp³-hybridized carbons (Fsp3) is 0.879. The zero-order valence-corrected chi connectivity index (χ0v) is 56.6. The molecule has 7 aliphatic rings. The van der Waals surface area contributed by atoms with Crippen LogP contribution in [-0.2, 0) is 95.1 Å². The third kappa shape index (κ3) is 19.6. The van der Waals surface area contributed by atoms with Gasteiger partial charge in [0.2, 0.25) is 29.5 Å². The summed E-state index contributed by atoms with van der Waals surface area (Å²) in [6, 6.07) is -9.17. The summed E-state index contributed by atoms with van der Waals surface area (Å²) in [5, 5.41) is 253. The van der Waals surface area contributed by atoms with Crippen molar-refractivity contribution in [1.82, 2.24) is 26.6 Å². The number of rotatable bonds is 30. The van der Waals surface area contributed by atoms with Crippen molar-refractivity contribution in [2.24, 2.45) is 0 Å². The van der Waals surface area contributed by atoms with Crippen LogP contribution in [0.2, 0.25) is 0 Å². The Morgan fingerprint density at radius 2 is 0.724 bits per heavy atom. The number of aliphatic hydroxyl groups excluding tert-OH is 20. The molecule has 0 aromatic rings. The molecule has 5 amide bonds. The minimum Gasteiger partial charge on any atom is -0.477 e. The number of hydrogen-bond acceptors (Lipinski definition) is 40. The first-order valence-electron chi connectivity index (χ1n) is 32.9. The molecule has 7 rings (SSSR count). The number of carbonyl (C=O) groups excluding carboxylic acids is 5. The number of hydrogen-bond donors (Lipinski definition) is 27. The van der Waals surface area contributed by atoms with Crippen LogP contribution in [-0.4, -0.2) is 426 Å². The van der Waals surface area contributed by atoms with E-state index < -0.39 is 326 Å². The van der Waals surface area contributed by atoms with Gasteiger partial charge in [0.1, 0.15) is 159 Å². The molecule has 105 heavy (non-hydrogen) atoms. The number of carboxylic acid groups (broad SMARTS) is 2. The van der Waals surface area contributed by atoms with Gasteiger partial charge in [0.25, 0.3) is 11.6 Å². The van der Waals surface area contributed by atoms with Crippen LogP contribution in [0.1, 0.15) is 47.5 Å². The quantitative estimate of drug-likeness (QED) is 0.0318. The van der Waals surface area contributed by atoms with E-state index in [-0.39, 0.29) is 0 Å². The molecule has 604 valence electrons. The van der Waals surface area contributed by atoms with E-state index in [2.05, 4.69) is 26.6 Å². The molecule has 0 radical (unpaired) electrons. The standard InChI is InChI=1S/C58H95N5O42/c1-15(70)59-29-20(75)6-57(55(89)90,102-46(29)34(79)22(77)8-64)104-48-37(82)25(11-67)96-53(41(48)86)99-43-27(13-69)98-51(31(40(43)85)61-17(3)72)93-14-28-39(84)44(32(50(88)94-28)62-18(4)73)100-52-33(63-19(5)74)45(36(81)24(10-66)95-52)101-54-42(87)49(38(83)26(12-68)97-54)105-58(56(91)92)7-21(76)30(60-16(2)71)47(103-58)35(80)23(78)9-65/h20-54,64-69,75-88H,6-14H2,1-5H3,(H,59,70)(H,60,71)(H,61,72)(H,62,73)(H,63,74)(H,89,90)(H,91,92)/t20-,21-,22+,23+,24+,25+,26+,27+,28+,29+,30+,31+,32+,33+,34+,35+,36+,37-,38-,39-,40+,41+,42+,43+,44+,45+,46+,47+,48-,49-,50?,51+,52-,53-,54-,57-,58-/m0/s1. The SMILES string of the molecule is CC(=O)N[C@H]1[C@H](OC[C@H]2OC(O)[C@H](NC(C)=O)[C@@H](O[C@@H]3O[C@H](CO)[C@@H](O)[C@H](O[C@@H]4O[C@H](CO)[C@H](O)[C@H](O[C@]5(C(=O)O)C[C@H](O)[C@@H](NC(C)=O)[C@H]([C@H](O)[C@H](O)CO)O5)[C@H]4O)[C@H]3NC(C)=O)[C@H]2O)O[C@H](CO)[C@@H](O[C@@H]2O[C@H](CO)[C@H](O)[C@H](O[C@]3(C(=O)O)C[C@H](O)[C@@H](NC(C)=O)[C@H]([C@H](O)[C@H](O)CO)O3)[C@H]2O)[C@@H]1O. The molecule has 1 unspecified atom stereocenters. The highest BCUT2D eigenvalue weighted by Gasteiger charge is 2.64. The molecule has 27 N–H and O–H groups in total. The summed E-state index contributed by atoms with van der Waals surface area (Å²) in [6.45, 7) is -3.35. The van der Waals surface area contributed by atoms with Crippen molar-refractivity contribution >= 4 is 41.5 Å². The highest BCUT2D eigenvalue weighted by Crippen LogP contribution is 2.42. The van der Waals surface area contributed by atoms with Gasteiger partial charge in [0.15, 0.2) is 31.5 Å². The molecule has 7 heterocycles. The zero-order valence-electron chi connectivity index (χ0n) is 56.6. The molecule has 7 saturated heterocycles. The Labute approximate surface area is 593 Å². The van der Waals surface area contributed by atoms with Gasteiger partial charge in [-0.25, -0.2) is 9.59 Å². The smallest absolute Gasteiger partial charge is 0.364 e. The van der Waals surface area contributed by atoms with Crippen molar-refractivity contribution in [3.05, 3.63) is 0 Å². The summed E-state index contributed by atoms with van der Waals surface area (Å²) in [4.78, 5) is 89.3. The minimum atomic E-state index is -3.28. The lowest BCUT2D eigenvalue weighted by Gasteiger charge is -2.51. The second kappa shape index (κ2) is 37.1. The normalized spacial score (nSPS) is 43.6. The Kier molecular flexibility index (Phi) is 30.8. The van der Waals surface area contributed by atoms with E-state index in [0.717, 1.165) is 34.6 Å². The maximum absolute atomic E-state index is 13.2. The molecule has 0 aromatic heterocycles. The van der Waals surface area contributed by atoms with E-state index in [1.54, 1.807) is 0 Å². The van der Waals surface area contributed by atoms with Crippen LogP contribution in [0.25, 0.3) is 0 Å². The van der Waals surface area contributed by atoms with Gasteiger partial charge in [0.05, 0.1) is 70.5 Å². The van der Waals surface area contributed by atoms with Gasteiger partial charge in [-0.2, -0.15) is 0 Å². The second-order valence-corrected chi connectivity index (χ2v) is 26.1. The van der Waals surface area contributed by atoms with E-state index in [0.29, 0.717) is 0 Å². The van der Waals surface area contributed by atoms with Crippen molar-refractivity contribution in [2.75, 3.05) is 46.2 Å². The van der Waals surface area contributed by atoms with E-state index >= 15 is 0 Å². The third-order valence-electron chi connectivity index (χ3n) is 18.5. The van der Waals surface area contributed by atoms with Crippen LogP contribution in [0.15, 0.2) is 0 Å². The maximum Gasteiger partial charge on any atom is 0.364 e. The number of carboxylic acids is 2. The number of ether oxygens (including phenoxy) is 13. The number of aliphatic hydroxyl groups is 20. The van der Waals surface area contributed by atoms with Crippen molar-refractivity contribution in [3.8, 4) is 0 Å². The Morgan fingerprint density at radius 3 is 1.11 bits per heavy atom. The maximum atomic E-state index is 13.2. The first-order chi connectivity index (χ1) is 49.3. The number of amides is 5. The van der Waals surface area contributed by atoms with Crippen molar-refractivity contribution in [1.29, 1.82) is 0 Å². The lowest BCUT2D eigenvalue weighted by atomic mass is 9.88. The lowest BCUT2D eigenvalue weighted by molar-refractivity contribution is -0.385. The van der Waals surface area contributed by atoms with Gasteiger partial charge in [-0.15, -0.1) is 0 Å². The summed E-state index contributed by atoms with van der Waals surface area (Å²) in [6.07, 6.45) is -67.3. The van der Waals surface area contributed by atoms with Crippen LogP contribution in [0.5, 0.6) is 0 Å². The Morgan fingerprint density at radius 1 is 0.390 bits per heavy atom. The van der Waals surface area contributed by atoms with Gasteiger partial charge in [-0.1, -0.05) is 0 Å². The fourth-order valence-corrected chi connectivity index (χ4v) is 13.3. The largest absolute Gasteiger partial charge is 0.477 e. The molecule has 0 spiro atoms. The van der Waals surface area contributed by atoms with Gasteiger partial charge >= 0.3 is 11.9 Å². The van der Waals surface area contributed by atoms with Gasteiger partial charge in [-0.05, 0) is 0 Å². The van der Waals surface area contributed by atoms with Gasteiger partial charge < -0.3 is 201 Å². The van der Waals surface area contributed by atoms with E-state index in [9.17, 15) is 146 Å². The molecule has 47 heteroatoms. The fourth-order valence-electron chi connectivity index (χ4n) is 13.3. The van der Waals surface area contributed by atoms with E-state index in [1.807, 2.05) is 0 Å². The Hall–Kier alpha value is -5.03. The molecule has 7 aliphatic heterocycles. The van der Waals surface area contributed by atoms with Gasteiger partial charge in [0, 0.05) is 47.5 Å². The predicted octanol–water partition coefficient (Wildman–Crippen LogP) is -17.1. The molecule has 7 fully saturated rings. The average molecular weight is 1530 g/mol. The van der Waals surface area contributed by atoms with E-state index in [1.165, 1.54) is 0 Å². The summed E-state index contributed by atoms with van der Waals surface area (Å²) >= 11 is 0. The Balaban J connectivity index is 1.13. The van der Waals surface area contributed by atoms with E-state index in [4.69, 9.17) is 61.6 Å². The van der Waals surface area contributed by atoms with Crippen molar-refractivity contribution < 1.29 is 207 Å². The molecular formula is C58H95N5O42. The molecule has 47 nitrogen and oxygen atoms in total. The number of nitrogens with one attached hydrogen (secondary N) is 5. The van der Waals surface area contributed by atoms with Crippen molar-refractivity contribution in [3.63, 3.8) is 0 Å². The van der Waals surface area contributed by atoms with Crippen LogP contribution in [0.3, 0.4) is 0 Å². The second-order valence-electron chi connectivity index (χ2n) is 26.1. The number of aliphatic carboxylic acids is 2. The Bertz CT molecular complexity index is 2900. The molecule has 0 saturated carbocycles. The van der Waals surface area contributed by atoms with Crippen molar-refractivity contribution in [2.45, 2.75) is 273 Å². The van der Waals surface area contributed by atoms with Crippen LogP contribution in [0.4, 0.5) is 0 Å². The average Bonchev–Trinajstić information content (AvgIpc) is 0.758. The van der Waals surface area contributed by atoms with Crippen LogP contribution in [0, 0.1) is 0 Å². The predicted molar refractivity (Wildman–Crippen MR) is 324 cm³/mol. The highest BCUT2D eigenvalue weighted by atomic mass is 16.8. The summed E-state index contributed by atoms with van der Waals surface area (Å²) in [7, 11) is 0. The topological polar surface area (TPSA) is 745 Å².